The third-order valence-electron chi connectivity index (χ3n) is 4.48. The van der Waals surface area contributed by atoms with Crippen LogP contribution in [0, 0.1) is 6.92 Å². The Balaban J connectivity index is 1.69. The zero-order valence-electron chi connectivity index (χ0n) is 14.5. The molecule has 2 rings (SSSR count). The van der Waals surface area contributed by atoms with E-state index in [0.717, 1.165) is 37.1 Å². The molecule has 5 nitrogen and oxygen atoms in total. The van der Waals surface area contributed by atoms with Crippen molar-refractivity contribution in [3.8, 4) is 0 Å². The summed E-state index contributed by atoms with van der Waals surface area (Å²) in [5.74, 6) is -0.129. The molecule has 1 aliphatic rings. The lowest BCUT2D eigenvalue weighted by atomic mass is 10.1. The second kappa shape index (κ2) is 9.42. The van der Waals surface area contributed by atoms with Gasteiger partial charge in [-0.3, -0.25) is 9.59 Å². The molecule has 0 aliphatic carbocycles. The zero-order chi connectivity index (χ0) is 17.4. The molecule has 1 fully saturated rings. The van der Waals surface area contributed by atoms with Crippen LogP contribution in [0.25, 0.3) is 0 Å². The van der Waals surface area contributed by atoms with Crippen molar-refractivity contribution in [2.24, 2.45) is 0 Å². The highest BCUT2D eigenvalue weighted by molar-refractivity contribution is 5.83. The molecule has 24 heavy (non-hydrogen) atoms. The lowest BCUT2D eigenvalue weighted by Crippen LogP contribution is -2.34. The molecular weight excluding hydrogens is 304 g/mol. The molecular formula is C19H28N2O3. The van der Waals surface area contributed by atoms with Crippen LogP contribution in [0.4, 0.5) is 0 Å². The number of nitrogens with zero attached hydrogens (tertiary/aromatic N) is 1. The van der Waals surface area contributed by atoms with Gasteiger partial charge in [-0.1, -0.05) is 42.7 Å². The second-order valence-electron chi connectivity index (χ2n) is 6.53. The van der Waals surface area contributed by atoms with Crippen LogP contribution < -0.4 is 5.32 Å². The van der Waals surface area contributed by atoms with Crippen molar-refractivity contribution in [3.63, 3.8) is 0 Å². The van der Waals surface area contributed by atoms with E-state index in [1.165, 1.54) is 12.8 Å². The zero-order valence-corrected chi connectivity index (χ0v) is 14.5. The smallest absolute Gasteiger partial charge is 0.223 e. The minimum Gasteiger partial charge on any atom is -0.387 e. The number of aliphatic hydroxyl groups is 1. The van der Waals surface area contributed by atoms with Gasteiger partial charge in [-0.2, -0.15) is 0 Å². The molecule has 1 aromatic rings. The molecule has 5 heteroatoms. The maximum Gasteiger partial charge on any atom is 0.223 e. The Morgan fingerprint density at radius 2 is 1.71 bits per heavy atom. The van der Waals surface area contributed by atoms with Crippen molar-refractivity contribution in [1.29, 1.82) is 0 Å². The van der Waals surface area contributed by atoms with Gasteiger partial charge in [0.05, 0.1) is 6.10 Å². The van der Waals surface area contributed by atoms with Crippen molar-refractivity contribution in [2.75, 3.05) is 19.6 Å². The SMILES string of the molecule is Cc1ccc([C@@H](O)CNC(=O)CCC(=O)N2CCCCCC2)cc1. The molecule has 1 aromatic carbocycles. The molecule has 0 unspecified atom stereocenters. The fraction of sp³-hybridized carbons (Fsp3) is 0.579. The van der Waals surface area contributed by atoms with Gasteiger partial charge < -0.3 is 15.3 Å². The number of rotatable bonds is 6. The topological polar surface area (TPSA) is 69.6 Å². The van der Waals surface area contributed by atoms with E-state index >= 15 is 0 Å². The van der Waals surface area contributed by atoms with Gasteiger partial charge in [0.25, 0.3) is 0 Å². The van der Waals surface area contributed by atoms with Gasteiger partial charge in [-0.05, 0) is 25.3 Å². The summed E-state index contributed by atoms with van der Waals surface area (Å²) in [6.45, 7) is 3.78. The van der Waals surface area contributed by atoms with Crippen molar-refractivity contribution in [2.45, 2.75) is 51.6 Å². The molecule has 0 saturated carbocycles. The van der Waals surface area contributed by atoms with Gasteiger partial charge in [0.1, 0.15) is 0 Å². The Bertz CT molecular complexity index is 534. The average molecular weight is 332 g/mol. The predicted octanol–water partition coefficient (Wildman–Crippen LogP) is 2.33. The standard InChI is InChI=1S/C19H28N2O3/c1-15-6-8-16(9-7-15)17(22)14-20-18(23)10-11-19(24)21-12-4-2-3-5-13-21/h6-9,17,22H,2-5,10-14H2,1H3,(H,20,23)/t17-/m0/s1. The van der Waals surface area contributed by atoms with E-state index in [1.807, 2.05) is 36.1 Å². The number of likely N-dealkylation sites (tertiary alicyclic amines) is 1. The maximum atomic E-state index is 12.1. The highest BCUT2D eigenvalue weighted by atomic mass is 16.3. The van der Waals surface area contributed by atoms with E-state index < -0.39 is 6.10 Å². The Morgan fingerprint density at radius 3 is 2.33 bits per heavy atom. The average Bonchev–Trinajstić information content (AvgIpc) is 2.87. The molecule has 0 aromatic heterocycles. The predicted molar refractivity (Wildman–Crippen MR) is 93.4 cm³/mol. The van der Waals surface area contributed by atoms with Crippen molar-refractivity contribution >= 4 is 11.8 Å². The number of hydrogen-bond acceptors (Lipinski definition) is 3. The van der Waals surface area contributed by atoms with Crippen LogP contribution in [0.15, 0.2) is 24.3 Å². The van der Waals surface area contributed by atoms with Gasteiger partial charge >= 0.3 is 0 Å². The van der Waals surface area contributed by atoms with E-state index in [2.05, 4.69) is 5.32 Å². The van der Waals surface area contributed by atoms with Crippen LogP contribution in [0.1, 0.15) is 55.8 Å². The van der Waals surface area contributed by atoms with Gasteiger partial charge in [0.15, 0.2) is 0 Å². The summed E-state index contributed by atoms with van der Waals surface area (Å²) in [6, 6.07) is 7.57. The molecule has 1 atom stereocenters. The third kappa shape index (κ3) is 5.96. The third-order valence-corrected chi connectivity index (χ3v) is 4.48. The first-order chi connectivity index (χ1) is 11.6. The summed E-state index contributed by atoms with van der Waals surface area (Å²) in [7, 11) is 0. The minimum atomic E-state index is -0.726. The molecule has 0 spiro atoms. The van der Waals surface area contributed by atoms with E-state index in [9.17, 15) is 14.7 Å². The number of carbonyl (C=O) groups is 2. The summed E-state index contributed by atoms with van der Waals surface area (Å²) in [4.78, 5) is 25.9. The van der Waals surface area contributed by atoms with Crippen molar-refractivity contribution in [3.05, 3.63) is 35.4 Å². The monoisotopic (exact) mass is 332 g/mol. The summed E-state index contributed by atoms with van der Waals surface area (Å²) in [5.41, 5.74) is 1.91. The van der Waals surface area contributed by atoms with Gasteiger partial charge in [-0.15, -0.1) is 0 Å². The lowest BCUT2D eigenvalue weighted by Gasteiger charge is -2.20. The highest BCUT2D eigenvalue weighted by Gasteiger charge is 2.17. The van der Waals surface area contributed by atoms with E-state index in [-0.39, 0.29) is 31.2 Å². The maximum absolute atomic E-state index is 12.1. The fourth-order valence-corrected chi connectivity index (χ4v) is 2.90. The first-order valence-electron chi connectivity index (χ1n) is 8.85. The number of aliphatic hydroxyl groups excluding tert-OH is 1. The fourth-order valence-electron chi connectivity index (χ4n) is 2.90. The Kier molecular flexibility index (Phi) is 7.25. The van der Waals surface area contributed by atoms with Crippen molar-refractivity contribution in [1.82, 2.24) is 10.2 Å². The van der Waals surface area contributed by atoms with Crippen LogP contribution in [-0.2, 0) is 9.59 Å². The number of hydrogen-bond donors (Lipinski definition) is 2. The van der Waals surface area contributed by atoms with Crippen LogP contribution in [-0.4, -0.2) is 41.5 Å². The van der Waals surface area contributed by atoms with Crippen LogP contribution >= 0.6 is 0 Å². The quantitative estimate of drug-likeness (QED) is 0.840. The molecule has 1 aliphatic heterocycles. The summed E-state index contributed by atoms with van der Waals surface area (Å²) in [5, 5.41) is 12.8. The number of benzene rings is 1. The first-order valence-corrected chi connectivity index (χ1v) is 8.85. The Morgan fingerprint density at radius 1 is 1.08 bits per heavy atom. The summed E-state index contributed by atoms with van der Waals surface area (Å²) in [6.07, 6.45) is 4.17. The summed E-state index contributed by atoms with van der Waals surface area (Å²) >= 11 is 0. The highest BCUT2D eigenvalue weighted by Crippen LogP contribution is 2.13. The Labute approximate surface area is 144 Å². The number of carbonyl (C=O) groups excluding carboxylic acids is 2. The van der Waals surface area contributed by atoms with Gasteiger partial charge in [0, 0.05) is 32.5 Å². The first kappa shape index (κ1) is 18.5. The van der Waals surface area contributed by atoms with E-state index in [1.54, 1.807) is 0 Å². The largest absolute Gasteiger partial charge is 0.387 e. The van der Waals surface area contributed by atoms with E-state index in [0.29, 0.717) is 0 Å². The normalized spacial score (nSPS) is 16.3. The van der Waals surface area contributed by atoms with E-state index in [4.69, 9.17) is 0 Å². The van der Waals surface area contributed by atoms with Gasteiger partial charge in [-0.25, -0.2) is 0 Å². The van der Waals surface area contributed by atoms with Crippen LogP contribution in [0.5, 0.6) is 0 Å². The number of aryl methyl sites for hydroxylation is 1. The summed E-state index contributed by atoms with van der Waals surface area (Å²) < 4.78 is 0. The molecule has 2 N–H and O–H groups in total. The number of nitrogens with one attached hydrogen (secondary N) is 1. The Hall–Kier alpha value is -1.88. The van der Waals surface area contributed by atoms with Crippen LogP contribution in [0.3, 0.4) is 0 Å². The van der Waals surface area contributed by atoms with Gasteiger partial charge in [0.2, 0.25) is 11.8 Å². The molecule has 0 radical (unpaired) electrons. The molecule has 1 saturated heterocycles. The second-order valence-corrected chi connectivity index (χ2v) is 6.53. The molecule has 2 amide bonds. The molecule has 1 heterocycles. The van der Waals surface area contributed by atoms with Crippen molar-refractivity contribution < 1.29 is 14.7 Å². The number of amides is 2. The van der Waals surface area contributed by atoms with Crippen LogP contribution in [0.2, 0.25) is 0 Å². The molecule has 132 valence electrons. The minimum absolute atomic E-state index is 0.0612. The molecule has 0 bridgehead atoms. The lowest BCUT2D eigenvalue weighted by molar-refractivity contribution is -0.133.